The summed E-state index contributed by atoms with van der Waals surface area (Å²) < 4.78 is 2.06. The maximum absolute atomic E-state index is 5.92. The van der Waals surface area contributed by atoms with Gasteiger partial charge in [-0.1, -0.05) is 23.7 Å². The molecule has 2 aromatic carbocycles. The van der Waals surface area contributed by atoms with Crippen LogP contribution in [0.2, 0.25) is 5.02 Å². The Hall–Kier alpha value is -1.84. The van der Waals surface area contributed by atoms with Gasteiger partial charge in [-0.25, -0.2) is 4.98 Å². The van der Waals surface area contributed by atoms with Gasteiger partial charge < -0.3 is 5.73 Å². The molecular weight excluding hydrogens is 246 g/mol. The minimum absolute atomic E-state index is 0.400. The topological polar surface area (TPSA) is 43.8 Å². The molecule has 0 saturated carbocycles. The number of aromatic nitrogens is 2. The number of benzene rings is 2. The second kappa shape index (κ2) is 4.44. The van der Waals surface area contributed by atoms with E-state index in [4.69, 9.17) is 17.3 Å². The zero-order valence-corrected chi connectivity index (χ0v) is 10.4. The van der Waals surface area contributed by atoms with E-state index in [0.29, 0.717) is 6.54 Å². The molecule has 90 valence electrons. The molecule has 0 saturated heterocycles. The predicted octanol–water partition coefficient (Wildman–Crippen LogP) is 3.14. The Labute approximate surface area is 110 Å². The van der Waals surface area contributed by atoms with Crippen LogP contribution in [0.25, 0.3) is 16.7 Å². The summed E-state index contributed by atoms with van der Waals surface area (Å²) in [7, 11) is 0. The Morgan fingerprint density at radius 2 is 1.78 bits per heavy atom. The molecule has 3 aromatic rings. The van der Waals surface area contributed by atoms with Gasteiger partial charge in [0, 0.05) is 10.7 Å². The van der Waals surface area contributed by atoms with Crippen molar-refractivity contribution >= 4 is 22.6 Å². The van der Waals surface area contributed by atoms with Crippen molar-refractivity contribution in [3.63, 3.8) is 0 Å². The van der Waals surface area contributed by atoms with Crippen molar-refractivity contribution in [3.05, 3.63) is 59.4 Å². The van der Waals surface area contributed by atoms with Crippen molar-refractivity contribution in [2.24, 2.45) is 5.73 Å². The third-order valence-corrected chi connectivity index (χ3v) is 3.15. The third kappa shape index (κ3) is 1.78. The van der Waals surface area contributed by atoms with Crippen LogP contribution < -0.4 is 5.73 Å². The lowest BCUT2D eigenvalue weighted by Gasteiger charge is -2.07. The molecule has 0 aliphatic carbocycles. The molecule has 0 unspecified atom stereocenters. The molecule has 1 aromatic heterocycles. The van der Waals surface area contributed by atoms with Crippen molar-refractivity contribution in [2.75, 3.05) is 0 Å². The largest absolute Gasteiger partial charge is 0.324 e. The molecule has 0 fully saturated rings. The molecule has 18 heavy (non-hydrogen) atoms. The monoisotopic (exact) mass is 257 g/mol. The lowest BCUT2D eigenvalue weighted by atomic mass is 10.3. The maximum Gasteiger partial charge on any atom is 0.128 e. The highest BCUT2D eigenvalue weighted by Crippen LogP contribution is 2.22. The molecule has 0 aliphatic heterocycles. The number of hydrogen-bond donors (Lipinski definition) is 1. The first kappa shape index (κ1) is 11.3. The van der Waals surface area contributed by atoms with E-state index in [2.05, 4.69) is 9.55 Å². The molecule has 0 radical (unpaired) electrons. The minimum atomic E-state index is 0.400. The molecule has 0 bridgehead atoms. The molecule has 3 rings (SSSR count). The highest BCUT2D eigenvalue weighted by molar-refractivity contribution is 6.30. The normalized spacial score (nSPS) is 11.0. The van der Waals surface area contributed by atoms with E-state index in [9.17, 15) is 0 Å². The predicted molar refractivity (Wildman–Crippen MR) is 74.0 cm³/mol. The van der Waals surface area contributed by atoms with E-state index in [1.165, 1.54) is 0 Å². The van der Waals surface area contributed by atoms with Crippen LogP contribution in [0.4, 0.5) is 0 Å². The van der Waals surface area contributed by atoms with Gasteiger partial charge in [-0.2, -0.15) is 0 Å². The smallest absolute Gasteiger partial charge is 0.128 e. The summed E-state index contributed by atoms with van der Waals surface area (Å²) in [5, 5.41) is 0.720. The first-order valence-corrected chi connectivity index (χ1v) is 6.10. The summed E-state index contributed by atoms with van der Waals surface area (Å²) in [6.45, 7) is 0.400. The Balaban J connectivity index is 2.29. The van der Waals surface area contributed by atoms with Gasteiger partial charge >= 0.3 is 0 Å². The van der Waals surface area contributed by atoms with Gasteiger partial charge in [-0.15, -0.1) is 0 Å². The highest BCUT2D eigenvalue weighted by Gasteiger charge is 2.10. The summed E-state index contributed by atoms with van der Waals surface area (Å²) in [5.74, 6) is 0.846. The van der Waals surface area contributed by atoms with Crippen LogP contribution in [-0.2, 0) is 6.54 Å². The van der Waals surface area contributed by atoms with Crippen molar-refractivity contribution in [1.29, 1.82) is 0 Å². The van der Waals surface area contributed by atoms with Crippen molar-refractivity contribution in [3.8, 4) is 5.69 Å². The maximum atomic E-state index is 5.92. The molecule has 0 atom stereocenters. The number of rotatable bonds is 2. The first-order valence-electron chi connectivity index (χ1n) is 5.72. The van der Waals surface area contributed by atoms with Gasteiger partial charge in [0.05, 0.1) is 17.6 Å². The fourth-order valence-electron chi connectivity index (χ4n) is 2.09. The molecule has 0 spiro atoms. The third-order valence-electron chi connectivity index (χ3n) is 2.90. The number of halogens is 1. The van der Waals surface area contributed by atoms with Crippen LogP contribution >= 0.6 is 11.6 Å². The number of hydrogen-bond acceptors (Lipinski definition) is 2. The Bertz CT molecular complexity index is 686. The summed E-state index contributed by atoms with van der Waals surface area (Å²) >= 11 is 5.92. The van der Waals surface area contributed by atoms with Gasteiger partial charge in [-0.05, 0) is 36.4 Å². The van der Waals surface area contributed by atoms with Crippen LogP contribution in [0.5, 0.6) is 0 Å². The molecule has 0 amide bonds. The van der Waals surface area contributed by atoms with Gasteiger partial charge in [-0.3, -0.25) is 4.57 Å². The average molecular weight is 258 g/mol. The van der Waals surface area contributed by atoms with Crippen LogP contribution in [-0.4, -0.2) is 9.55 Å². The standard InChI is InChI=1S/C14H12ClN3/c15-10-5-7-11(8-6-10)18-13-4-2-1-3-12(13)17-14(18)9-16/h1-8H,9,16H2. The molecule has 2 N–H and O–H groups in total. The first-order chi connectivity index (χ1) is 8.79. The second-order valence-corrected chi connectivity index (χ2v) is 4.47. The Morgan fingerprint density at radius 3 is 2.50 bits per heavy atom. The lowest BCUT2D eigenvalue weighted by molar-refractivity contribution is 0.882. The second-order valence-electron chi connectivity index (χ2n) is 4.03. The van der Waals surface area contributed by atoms with E-state index in [1.54, 1.807) is 0 Å². The Morgan fingerprint density at radius 1 is 1.06 bits per heavy atom. The van der Waals surface area contributed by atoms with Crippen LogP contribution in [0.1, 0.15) is 5.82 Å². The SMILES string of the molecule is NCc1nc2ccccc2n1-c1ccc(Cl)cc1. The fourth-order valence-corrected chi connectivity index (χ4v) is 2.22. The minimum Gasteiger partial charge on any atom is -0.324 e. The number of nitrogens with two attached hydrogens (primary N) is 1. The van der Waals surface area contributed by atoms with E-state index < -0.39 is 0 Å². The van der Waals surface area contributed by atoms with Crippen molar-refractivity contribution in [2.45, 2.75) is 6.54 Å². The summed E-state index contributed by atoms with van der Waals surface area (Å²) in [4.78, 5) is 4.53. The summed E-state index contributed by atoms with van der Waals surface area (Å²) in [5.41, 5.74) is 8.80. The van der Waals surface area contributed by atoms with Gasteiger partial charge in [0.1, 0.15) is 5.82 Å². The summed E-state index contributed by atoms with van der Waals surface area (Å²) in [6, 6.07) is 15.7. The molecule has 1 heterocycles. The highest BCUT2D eigenvalue weighted by atomic mass is 35.5. The van der Waals surface area contributed by atoms with Gasteiger partial charge in [0.15, 0.2) is 0 Å². The Kier molecular flexibility index (Phi) is 2.78. The fraction of sp³-hybridized carbons (Fsp3) is 0.0714. The van der Waals surface area contributed by atoms with Crippen molar-refractivity contribution in [1.82, 2.24) is 9.55 Å². The van der Waals surface area contributed by atoms with Crippen molar-refractivity contribution < 1.29 is 0 Å². The molecule has 4 heteroatoms. The number of fused-ring (bicyclic) bond motifs is 1. The van der Waals surface area contributed by atoms with Crippen LogP contribution in [0.15, 0.2) is 48.5 Å². The number of para-hydroxylation sites is 2. The molecular formula is C14H12ClN3. The van der Waals surface area contributed by atoms with E-state index in [0.717, 1.165) is 27.6 Å². The average Bonchev–Trinajstić information content (AvgIpc) is 2.78. The molecule has 0 aliphatic rings. The summed E-state index contributed by atoms with van der Waals surface area (Å²) in [6.07, 6.45) is 0. The van der Waals surface area contributed by atoms with E-state index >= 15 is 0 Å². The van der Waals surface area contributed by atoms with E-state index in [1.807, 2.05) is 48.5 Å². The molecule has 3 nitrogen and oxygen atoms in total. The number of imidazole rings is 1. The van der Waals surface area contributed by atoms with Crippen LogP contribution in [0.3, 0.4) is 0 Å². The van der Waals surface area contributed by atoms with Gasteiger partial charge in [0.2, 0.25) is 0 Å². The lowest BCUT2D eigenvalue weighted by Crippen LogP contribution is -2.06. The zero-order valence-electron chi connectivity index (χ0n) is 9.68. The van der Waals surface area contributed by atoms with E-state index in [-0.39, 0.29) is 0 Å². The van der Waals surface area contributed by atoms with Crippen LogP contribution in [0, 0.1) is 0 Å². The van der Waals surface area contributed by atoms with Gasteiger partial charge in [0.25, 0.3) is 0 Å². The number of nitrogens with zero attached hydrogens (tertiary/aromatic N) is 2. The quantitative estimate of drug-likeness (QED) is 0.767. The zero-order chi connectivity index (χ0) is 12.5.